The van der Waals surface area contributed by atoms with Crippen molar-refractivity contribution in [2.45, 2.75) is 49.9 Å². The lowest BCUT2D eigenvalue weighted by atomic mass is 9.77. The van der Waals surface area contributed by atoms with Crippen LogP contribution in [0.5, 0.6) is 0 Å². The third kappa shape index (κ3) is 1.47. The number of carboxylic acid groups (broad SMARTS) is 1. The summed E-state index contributed by atoms with van der Waals surface area (Å²) in [6.45, 7) is 0.540. The van der Waals surface area contributed by atoms with Gasteiger partial charge in [-0.1, -0.05) is 31.4 Å². The molecule has 4 aliphatic rings. The lowest BCUT2D eigenvalue weighted by molar-refractivity contribution is -0.148. The fraction of sp³-hybridized carbons (Fsp3) is 0.733. The summed E-state index contributed by atoms with van der Waals surface area (Å²) in [5.74, 6) is -2.14. The van der Waals surface area contributed by atoms with Crippen molar-refractivity contribution in [2.24, 2.45) is 11.8 Å². The first kappa shape index (κ1) is 12.4. The van der Waals surface area contributed by atoms with Crippen LogP contribution in [-0.4, -0.2) is 46.2 Å². The quantitative estimate of drug-likeness (QED) is 0.770. The highest BCUT2D eigenvalue weighted by atomic mass is 16.5. The molecule has 0 radical (unpaired) electrons. The lowest BCUT2D eigenvalue weighted by Crippen LogP contribution is -2.42. The summed E-state index contributed by atoms with van der Waals surface area (Å²) in [5.41, 5.74) is -0.664. The predicted octanol–water partition coefficient (Wildman–Crippen LogP) is 1.19. The second kappa shape index (κ2) is 4.07. The van der Waals surface area contributed by atoms with Crippen LogP contribution in [0.25, 0.3) is 0 Å². The molecule has 0 aromatic heterocycles. The molecule has 3 heterocycles. The van der Waals surface area contributed by atoms with Gasteiger partial charge in [0.05, 0.1) is 18.6 Å². The van der Waals surface area contributed by atoms with Crippen molar-refractivity contribution in [1.82, 2.24) is 4.90 Å². The molecule has 3 fully saturated rings. The van der Waals surface area contributed by atoms with Crippen LogP contribution in [0.1, 0.15) is 32.1 Å². The summed E-state index contributed by atoms with van der Waals surface area (Å²) in [6, 6.07) is 0.279. The van der Waals surface area contributed by atoms with Crippen LogP contribution in [0.2, 0.25) is 0 Å². The van der Waals surface area contributed by atoms with Gasteiger partial charge >= 0.3 is 5.97 Å². The molecule has 4 rings (SSSR count). The standard InChI is InChI=1S/C15H19NO4/c17-13-12-11(14(18)19)10-6-7-15(12,20-10)8-16(13)9-4-2-1-3-5-9/h6-7,9-12H,1-5,8H2,(H,18,19)/t10-,11+,12+,15+/m1/s1. The number of hydrogen-bond acceptors (Lipinski definition) is 3. The predicted molar refractivity (Wildman–Crippen MR) is 69.9 cm³/mol. The van der Waals surface area contributed by atoms with Crippen molar-refractivity contribution < 1.29 is 19.4 Å². The number of amides is 1. The number of nitrogens with zero attached hydrogens (tertiary/aromatic N) is 1. The highest BCUT2D eigenvalue weighted by Gasteiger charge is 2.67. The number of aliphatic carboxylic acids is 1. The van der Waals surface area contributed by atoms with E-state index in [1.165, 1.54) is 6.42 Å². The Bertz CT molecular complexity index is 496. The second-order valence-electron chi connectivity index (χ2n) is 6.50. The third-order valence-electron chi connectivity index (χ3n) is 5.43. The molecule has 108 valence electrons. The molecule has 1 aliphatic carbocycles. The zero-order valence-electron chi connectivity index (χ0n) is 11.3. The molecule has 1 saturated carbocycles. The molecule has 20 heavy (non-hydrogen) atoms. The average Bonchev–Trinajstić information content (AvgIpc) is 3.08. The van der Waals surface area contributed by atoms with Crippen molar-refractivity contribution in [2.75, 3.05) is 6.54 Å². The Morgan fingerprint density at radius 2 is 2.10 bits per heavy atom. The van der Waals surface area contributed by atoms with Crippen LogP contribution < -0.4 is 0 Å². The van der Waals surface area contributed by atoms with Gasteiger partial charge in [0, 0.05) is 6.04 Å². The van der Waals surface area contributed by atoms with Gasteiger partial charge in [-0.05, 0) is 12.8 Å². The van der Waals surface area contributed by atoms with E-state index in [0.29, 0.717) is 6.54 Å². The molecule has 1 spiro atoms. The number of carbonyl (C=O) groups is 2. The second-order valence-corrected chi connectivity index (χ2v) is 6.50. The van der Waals surface area contributed by atoms with Crippen molar-refractivity contribution in [3.8, 4) is 0 Å². The van der Waals surface area contributed by atoms with Gasteiger partial charge in [-0.3, -0.25) is 9.59 Å². The Morgan fingerprint density at radius 1 is 1.35 bits per heavy atom. The van der Waals surface area contributed by atoms with E-state index < -0.39 is 29.5 Å². The Kier molecular flexibility index (Phi) is 2.52. The molecule has 0 unspecified atom stereocenters. The molecular formula is C15H19NO4. The summed E-state index contributed by atoms with van der Waals surface area (Å²) in [7, 11) is 0. The average molecular weight is 277 g/mol. The summed E-state index contributed by atoms with van der Waals surface area (Å²) in [5, 5.41) is 9.41. The number of carboxylic acids is 1. The van der Waals surface area contributed by atoms with Gasteiger partial charge in [0.2, 0.25) is 5.91 Å². The van der Waals surface area contributed by atoms with Crippen LogP contribution in [0.4, 0.5) is 0 Å². The van der Waals surface area contributed by atoms with Gasteiger partial charge in [0.1, 0.15) is 11.5 Å². The first-order chi connectivity index (χ1) is 9.62. The maximum absolute atomic E-state index is 12.7. The molecule has 1 N–H and O–H groups in total. The molecule has 0 aromatic rings. The van der Waals surface area contributed by atoms with Crippen molar-refractivity contribution >= 4 is 11.9 Å². The number of carbonyl (C=O) groups excluding carboxylic acids is 1. The summed E-state index contributed by atoms with van der Waals surface area (Å²) < 4.78 is 5.89. The summed E-state index contributed by atoms with van der Waals surface area (Å²) >= 11 is 0. The van der Waals surface area contributed by atoms with Gasteiger partial charge in [-0.15, -0.1) is 0 Å². The van der Waals surface area contributed by atoms with Crippen LogP contribution >= 0.6 is 0 Å². The topological polar surface area (TPSA) is 66.8 Å². The van der Waals surface area contributed by atoms with Crippen LogP contribution in [0.3, 0.4) is 0 Å². The van der Waals surface area contributed by atoms with Gasteiger partial charge in [-0.2, -0.15) is 0 Å². The van der Waals surface area contributed by atoms with Gasteiger partial charge in [0.15, 0.2) is 0 Å². The number of rotatable bonds is 2. The zero-order valence-corrected chi connectivity index (χ0v) is 11.3. The number of ether oxygens (including phenoxy) is 1. The van der Waals surface area contributed by atoms with E-state index >= 15 is 0 Å². The monoisotopic (exact) mass is 277 g/mol. The Labute approximate surface area is 117 Å². The molecule has 2 saturated heterocycles. The van der Waals surface area contributed by atoms with Gasteiger partial charge < -0.3 is 14.7 Å². The molecule has 4 atom stereocenters. The third-order valence-corrected chi connectivity index (χ3v) is 5.43. The van der Waals surface area contributed by atoms with E-state index in [1.54, 1.807) is 0 Å². The van der Waals surface area contributed by atoms with E-state index in [0.717, 1.165) is 25.7 Å². The SMILES string of the molecule is O=C(O)[C@@H]1[C@H]2C(=O)N(C3CCCCC3)C[C@@]23C=C[C@H]1O3. The minimum atomic E-state index is -0.912. The largest absolute Gasteiger partial charge is 0.481 e. The molecule has 5 nitrogen and oxygen atoms in total. The minimum absolute atomic E-state index is 0.00356. The molecule has 5 heteroatoms. The van der Waals surface area contributed by atoms with Gasteiger partial charge in [-0.25, -0.2) is 0 Å². The molecular weight excluding hydrogens is 258 g/mol. The lowest BCUT2D eigenvalue weighted by Gasteiger charge is -2.32. The highest BCUT2D eigenvalue weighted by Crippen LogP contribution is 2.52. The van der Waals surface area contributed by atoms with E-state index in [4.69, 9.17) is 4.74 Å². The smallest absolute Gasteiger partial charge is 0.310 e. The normalized spacial score (nSPS) is 43.3. The van der Waals surface area contributed by atoms with Crippen LogP contribution in [0.15, 0.2) is 12.2 Å². The zero-order chi connectivity index (χ0) is 13.9. The number of hydrogen-bond donors (Lipinski definition) is 1. The Balaban J connectivity index is 1.65. The van der Waals surface area contributed by atoms with Gasteiger partial charge in [0.25, 0.3) is 0 Å². The van der Waals surface area contributed by atoms with Crippen LogP contribution in [-0.2, 0) is 14.3 Å². The molecule has 1 amide bonds. The van der Waals surface area contributed by atoms with Crippen molar-refractivity contribution in [3.05, 3.63) is 12.2 Å². The first-order valence-electron chi connectivity index (χ1n) is 7.53. The Hall–Kier alpha value is -1.36. The Morgan fingerprint density at radius 3 is 2.80 bits per heavy atom. The first-order valence-corrected chi connectivity index (χ1v) is 7.53. The number of fused-ring (bicyclic) bond motifs is 1. The minimum Gasteiger partial charge on any atom is -0.481 e. The molecule has 0 aromatic carbocycles. The summed E-state index contributed by atoms with van der Waals surface area (Å²) in [6.07, 6.45) is 8.98. The summed E-state index contributed by atoms with van der Waals surface area (Å²) in [4.78, 5) is 26.1. The fourth-order valence-electron chi connectivity index (χ4n) is 4.51. The van der Waals surface area contributed by atoms with E-state index in [1.807, 2.05) is 17.1 Å². The fourth-order valence-corrected chi connectivity index (χ4v) is 4.51. The molecule has 2 bridgehead atoms. The van der Waals surface area contributed by atoms with Crippen molar-refractivity contribution in [3.63, 3.8) is 0 Å². The highest BCUT2D eigenvalue weighted by molar-refractivity contribution is 5.91. The van der Waals surface area contributed by atoms with E-state index in [2.05, 4.69) is 0 Å². The maximum atomic E-state index is 12.7. The van der Waals surface area contributed by atoms with E-state index in [-0.39, 0.29) is 11.9 Å². The van der Waals surface area contributed by atoms with E-state index in [9.17, 15) is 14.7 Å². The molecule has 3 aliphatic heterocycles. The van der Waals surface area contributed by atoms with Crippen LogP contribution in [0, 0.1) is 11.8 Å². The maximum Gasteiger partial charge on any atom is 0.310 e. The van der Waals surface area contributed by atoms with Crippen molar-refractivity contribution in [1.29, 1.82) is 0 Å². The number of likely N-dealkylation sites (tertiary alicyclic amines) is 1.